The number of carboxylic acids is 1. The Morgan fingerprint density at radius 1 is 0.943 bits per heavy atom. The van der Waals surface area contributed by atoms with E-state index in [0.717, 1.165) is 25.7 Å². The third-order valence-corrected chi connectivity index (χ3v) is 7.88. The number of hydrogen-bond acceptors (Lipinski definition) is 4. The van der Waals surface area contributed by atoms with Gasteiger partial charge in [-0.25, -0.2) is 4.79 Å². The Bertz CT molecular complexity index is 1070. The van der Waals surface area contributed by atoms with Crippen LogP contribution in [0.5, 0.6) is 0 Å². The van der Waals surface area contributed by atoms with Crippen LogP contribution < -0.4 is 5.32 Å². The van der Waals surface area contributed by atoms with Gasteiger partial charge in [0.05, 0.1) is 5.92 Å². The highest BCUT2D eigenvalue weighted by Gasteiger charge is 2.35. The smallest absolute Gasteiger partial charge is 0.407 e. The summed E-state index contributed by atoms with van der Waals surface area (Å²) in [5.74, 6) is -1.28. The Morgan fingerprint density at radius 3 is 2.26 bits per heavy atom. The fraction of sp³-hybridized carbons (Fsp3) is 0.464. The maximum Gasteiger partial charge on any atom is 0.407 e. The molecule has 0 bridgehead atoms. The molecular formula is C28H32N2O5. The average Bonchev–Trinajstić information content (AvgIpc) is 3.48. The quantitative estimate of drug-likeness (QED) is 0.644. The van der Waals surface area contributed by atoms with Crippen molar-refractivity contribution in [2.45, 2.75) is 50.5 Å². The first-order chi connectivity index (χ1) is 17.0. The summed E-state index contributed by atoms with van der Waals surface area (Å²) in [6.45, 7) is 1.04. The van der Waals surface area contributed by atoms with Crippen molar-refractivity contribution in [3.05, 3.63) is 59.7 Å². The van der Waals surface area contributed by atoms with Crippen molar-refractivity contribution in [1.29, 1.82) is 0 Å². The minimum atomic E-state index is -0.840. The molecule has 35 heavy (non-hydrogen) atoms. The summed E-state index contributed by atoms with van der Waals surface area (Å²) in [4.78, 5) is 38.5. The molecular weight excluding hydrogens is 444 g/mol. The van der Waals surface area contributed by atoms with E-state index in [4.69, 9.17) is 4.74 Å². The standard InChI is InChI=1S/C28H32N2O5/c31-26(30-14-13-19(16-30)27(32)33)15-18-7-1-6-12-25(18)29-28(34)35-17-24-22-10-4-2-8-20(22)21-9-3-5-11-23(21)24/h2-5,8-11,18-19,24-25H,1,6-7,12-17H2,(H,29,34)(H,32,33). The largest absolute Gasteiger partial charge is 0.481 e. The van der Waals surface area contributed by atoms with Gasteiger partial charge in [0.25, 0.3) is 0 Å². The Balaban J connectivity index is 1.18. The summed E-state index contributed by atoms with van der Waals surface area (Å²) in [7, 11) is 0. The lowest BCUT2D eigenvalue weighted by Crippen LogP contribution is -2.44. The second-order valence-electron chi connectivity index (χ2n) is 9.99. The van der Waals surface area contributed by atoms with Gasteiger partial charge in [0.1, 0.15) is 6.61 Å². The molecule has 2 aromatic carbocycles. The van der Waals surface area contributed by atoms with Crippen molar-refractivity contribution in [2.75, 3.05) is 19.7 Å². The third kappa shape index (κ3) is 4.90. The molecule has 7 heteroatoms. The number of rotatable bonds is 6. The highest BCUT2D eigenvalue weighted by atomic mass is 16.5. The molecule has 1 aliphatic heterocycles. The van der Waals surface area contributed by atoms with Gasteiger partial charge < -0.3 is 20.1 Å². The molecule has 2 fully saturated rings. The summed E-state index contributed by atoms with van der Waals surface area (Å²) in [5, 5.41) is 12.3. The molecule has 2 N–H and O–H groups in total. The summed E-state index contributed by atoms with van der Waals surface area (Å²) >= 11 is 0. The lowest BCUT2D eigenvalue weighted by atomic mass is 9.82. The van der Waals surface area contributed by atoms with Crippen LogP contribution in [0.25, 0.3) is 11.1 Å². The molecule has 3 atom stereocenters. The van der Waals surface area contributed by atoms with Crippen LogP contribution in [0.3, 0.4) is 0 Å². The number of amides is 2. The number of benzene rings is 2. The van der Waals surface area contributed by atoms with E-state index >= 15 is 0 Å². The highest BCUT2D eigenvalue weighted by Crippen LogP contribution is 2.44. The molecule has 2 aliphatic carbocycles. The Morgan fingerprint density at radius 2 is 1.60 bits per heavy atom. The number of nitrogens with one attached hydrogen (secondary N) is 1. The van der Waals surface area contributed by atoms with E-state index in [1.807, 2.05) is 24.3 Å². The van der Waals surface area contributed by atoms with Crippen LogP contribution in [0, 0.1) is 11.8 Å². The third-order valence-electron chi connectivity index (χ3n) is 7.88. The number of carbonyl (C=O) groups excluding carboxylic acids is 2. The van der Waals surface area contributed by atoms with Gasteiger partial charge in [-0.15, -0.1) is 0 Å². The number of hydrogen-bond donors (Lipinski definition) is 2. The summed E-state index contributed by atoms with van der Waals surface area (Å²) in [5.41, 5.74) is 4.73. The van der Waals surface area contributed by atoms with E-state index in [9.17, 15) is 19.5 Å². The maximum absolute atomic E-state index is 12.8. The number of carboxylic acid groups (broad SMARTS) is 1. The molecule has 1 saturated heterocycles. The van der Waals surface area contributed by atoms with Crippen LogP contribution in [0.1, 0.15) is 55.6 Å². The number of fused-ring (bicyclic) bond motifs is 3. The highest BCUT2D eigenvalue weighted by molar-refractivity contribution is 5.80. The second-order valence-corrected chi connectivity index (χ2v) is 9.99. The van der Waals surface area contributed by atoms with Gasteiger partial charge in [-0.05, 0) is 47.4 Å². The first-order valence-electron chi connectivity index (χ1n) is 12.6. The maximum atomic E-state index is 12.8. The van der Waals surface area contributed by atoms with Crippen molar-refractivity contribution in [2.24, 2.45) is 11.8 Å². The summed E-state index contributed by atoms with van der Waals surface area (Å²) in [6, 6.07) is 16.4. The summed E-state index contributed by atoms with van der Waals surface area (Å²) in [6.07, 6.45) is 4.12. The molecule has 2 amide bonds. The zero-order valence-electron chi connectivity index (χ0n) is 19.8. The minimum absolute atomic E-state index is 0.00854. The first-order valence-corrected chi connectivity index (χ1v) is 12.6. The van der Waals surface area contributed by atoms with E-state index in [-0.39, 0.29) is 36.9 Å². The van der Waals surface area contributed by atoms with Gasteiger partial charge in [-0.2, -0.15) is 0 Å². The Labute approximate surface area is 205 Å². The zero-order chi connectivity index (χ0) is 24.4. The van der Waals surface area contributed by atoms with E-state index < -0.39 is 18.0 Å². The lowest BCUT2D eigenvalue weighted by molar-refractivity contribution is -0.141. The molecule has 1 heterocycles. The molecule has 3 unspecified atom stereocenters. The van der Waals surface area contributed by atoms with E-state index in [1.165, 1.54) is 22.3 Å². The van der Waals surface area contributed by atoms with Crippen molar-refractivity contribution in [3.63, 3.8) is 0 Å². The van der Waals surface area contributed by atoms with Crippen LogP contribution >= 0.6 is 0 Å². The SMILES string of the molecule is O=C(NC1CCCCC1CC(=O)N1CCC(C(=O)O)C1)OCC1c2ccccc2-c2ccccc21. The van der Waals surface area contributed by atoms with Crippen LogP contribution in [-0.2, 0) is 14.3 Å². The van der Waals surface area contributed by atoms with Gasteiger partial charge in [-0.3, -0.25) is 9.59 Å². The molecule has 2 aromatic rings. The topological polar surface area (TPSA) is 95.9 Å². The number of alkyl carbamates (subject to hydrolysis) is 1. The molecule has 0 aromatic heterocycles. The lowest BCUT2D eigenvalue weighted by Gasteiger charge is -2.32. The van der Waals surface area contributed by atoms with Crippen LogP contribution in [0.2, 0.25) is 0 Å². The average molecular weight is 477 g/mol. The molecule has 1 saturated carbocycles. The van der Waals surface area contributed by atoms with Crippen molar-refractivity contribution >= 4 is 18.0 Å². The Hall–Kier alpha value is -3.35. The van der Waals surface area contributed by atoms with E-state index in [0.29, 0.717) is 19.4 Å². The molecule has 5 rings (SSSR count). The molecule has 3 aliphatic rings. The number of ether oxygens (including phenoxy) is 1. The van der Waals surface area contributed by atoms with Crippen molar-refractivity contribution in [1.82, 2.24) is 10.2 Å². The fourth-order valence-corrected chi connectivity index (χ4v) is 5.98. The van der Waals surface area contributed by atoms with Gasteiger partial charge in [0, 0.05) is 31.5 Å². The van der Waals surface area contributed by atoms with Gasteiger partial charge >= 0.3 is 12.1 Å². The monoisotopic (exact) mass is 476 g/mol. The van der Waals surface area contributed by atoms with Crippen molar-refractivity contribution < 1.29 is 24.2 Å². The fourth-order valence-electron chi connectivity index (χ4n) is 5.98. The number of carbonyl (C=O) groups is 3. The predicted octanol–water partition coefficient (Wildman–Crippen LogP) is 4.41. The van der Waals surface area contributed by atoms with E-state index in [1.54, 1.807) is 4.90 Å². The van der Waals surface area contributed by atoms with Crippen LogP contribution in [-0.4, -0.2) is 53.7 Å². The molecule has 0 spiro atoms. The molecule has 184 valence electrons. The number of aliphatic carboxylic acids is 1. The van der Waals surface area contributed by atoms with Gasteiger partial charge in [0.2, 0.25) is 5.91 Å². The normalized spacial score (nSPS) is 23.4. The molecule has 0 radical (unpaired) electrons. The number of likely N-dealkylation sites (tertiary alicyclic amines) is 1. The van der Waals surface area contributed by atoms with Crippen molar-refractivity contribution in [3.8, 4) is 11.1 Å². The summed E-state index contributed by atoms with van der Waals surface area (Å²) < 4.78 is 5.73. The Kier molecular flexibility index (Phi) is 6.75. The minimum Gasteiger partial charge on any atom is -0.481 e. The van der Waals surface area contributed by atoms with E-state index in [2.05, 4.69) is 29.6 Å². The zero-order valence-corrected chi connectivity index (χ0v) is 19.8. The predicted molar refractivity (Wildman–Crippen MR) is 131 cm³/mol. The van der Waals surface area contributed by atoms with Gasteiger partial charge in [0.15, 0.2) is 0 Å². The van der Waals surface area contributed by atoms with Crippen LogP contribution in [0.4, 0.5) is 4.79 Å². The second kappa shape index (κ2) is 10.1. The molecule has 7 nitrogen and oxygen atoms in total. The number of nitrogens with zero attached hydrogens (tertiary/aromatic N) is 1. The first kappa shape index (κ1) is 23.4. The van der Waals surface area contributed by atoms with Gasteiger partial charge in [-0.1, -0.05) is 61.4 Å². The van der Waals surface area contributed by atoms with Crippen LogP contribution in [0.15, 0.2) is 48.5 Å².